The highest BCUT2D eigenvalue weighted by molar-refractivity contribution is 14.1. The lowest BCUT2D eigenvalue weighted by molar-refractivity contribution is 0.157. The summed E-state index contributed by atoms with van der Waals surface area (Å²) in [6.45, 7) is 8.34. The van der Waals surface area contributed by atoms with Crippen LogP contribution in [0.15, 0.2) is 12.2 Å². The van der Waals surface area contributed by atoms with E-state index in [1.165, 1.54) is 0 Å². The Labute approximate surface area is 64.2 Å². The Morgan fingerprint density at radius 2 is 2.38 bits per heavy atom. The van der Waals surface area contributed by atoms with E-state index < -0.39 is 0 Å². The van der Waals surface area contributed by atoms with Crippen LogP contribution in [0.3, 0.4) is 0 Å². The predicted molar refractivity (Wildman–Crippen MR) is 44.2 cm³/mol. The van der Waals surface area contributed by atoms with Crippen LogP contribution in [0.4, 0.5) is 0 Å². The van der Waals surface area contributed by atoms with Gasteiger partial charge in [0.15, 0.2) is 0 Å². The molecule has 0 saturated heterocycles. The molecule has 8 heavy (non-hydrogen) atoms. The second-order valence-corrected chi connectivity index (χ2v) is 3.57. The number of rotatable bonds is 3. The first kappa shape index (κ1) is 8.43. The minimum Gasteiger partial charge on any atom is -0.364 e. The van der Waals surface area contributed by atoms with Crippen molar-refractivity contribution in [1.82, 2.24) is 0 Å². The van der Waals surface area contributed by atoms with Crippen molar-refractivity contribution in [2.75, 3.05) is 6.61 Å². The molecule has 0 radical (unpaired) electrons. The van der Waals surface area contributed by atoms with Crippen molar-refractivity contribution in [1.29, 1.82) is 0 Å². The SMILES string of the molecule is C=C(C)COC(C)I. The Bertz CT molecular complexity index is 78.6. The Morgan fingerprint density at radius 3 is 2.50 bits per heavy atom. The molecule has 0 aromatic heterocycles. The Hall–Kier alpha value is 0.430. The maximum absolute atomic E-state index is 5.19. The molecule has 0 spiro atoms. The van der Waals surface area contributed by atoms with Crippen LogP contribution in [0.2, 0.25) is 0 Å². The van der Waals surface area contributed by atoms with Crippen LogP contribution < -0.4 is 0 Å². The fraction of sp³-hybridized carbons (Fsp3) is 0.667. The summed E-state index contributed by atoms with van der Waals surface area (Å²) >= 11 is 2.21. The monoisotopic (exact) mass is 226 g/mol. The minimum atomic E-state index is 0.296. The number of ether oxygens (including phenoxy) is 1. The summed E-state index contributed by atoms with van der Waals surface area (Å²) in [5.41, 5.74) is 1.08. The highest BCUT2D eigenvalue weighted by Crippen LogP contribution is 2.01. The molecule has 0 aliphatic carbocycles. The number of alkyl halides is 1. The van der Waals surface area contributed by atoms with Gasteiger partial charge in [-0.25, -0.2) is 0 Å². The predicted octanol–water partition coefficient (Wildman–Crippen LogP) is 2.36. The molecule has 0 aromatic rings. The first-order valence-corrected chi connectivity index (χ1v) is 3.77. The van der Waals surface area contributed by atoms with Crippen molar-refractivity contribution in [3.8, 4) is 0 Å². The van der Waals surface area contributed by atoms with E-state index in [2.05, 4.69) is 29.2 Å². The van der Waals surface area contributed by atoms with Crippen molar-refractivity contribution >= 4 is 22.6 Å². The normalized spacial score (nSPS) is 13.4. The van der Waals surface area contributed by atoms with Crippen LogP contribution in [0.5, 0.6) is 0 Å². The summed E-state index contributed by atoms with van der Waals surface area (Å²) in [5.74, 6) is 0. The van der Waals surface area contributed by atoms with Crippen molar-refractivity contribution in [2.45, 2.75) is 18.0 Å². The molecule has 0 rings (SSSR count). The third-order valence-electron chi connectivity index (χ3n) is 0.559. The molecular formula is C6H11IO. The lowest BCUT2D eigenvalue weighted by Gasteiger charge is -2.03. The van der Waals surface area contributed by atoms with Crippen LogP contribution in [0.1, 0.15) is 13.8 Å². The maximum Gasteiger partial charge on any atom is 0.106 e. The van der Waals surface area contributed by atoms with Gasteiger partial charge in [0.2, 0.25) is 0 Å². The topological polar surface area (TPSA) is 9.23 Å². The fourth-order valence-electron chi connectivity index (χ4n) is 0.257. The highest BCUT2D eigenvalue weighted by Gasteiger charge is 1.91. The Morgan fingerprint density at radius 1 is 1.88 bits per heavy atom. The standard InChI is InChI=1S/C6H11IO/c1-5(2)4-8-6(3)7/h6H,1,4H2,2-3H3. The quantitative estimate of drug-likeness (QED) is 0.407. The van der Waals surface area contributed by atoms with Gasteiger partial charge in [-0.1, -0.05) is 34.7 Å². The Balaban J connectivity index is 3.05. The molecule has 48 valence electrons. The largest absolute Gasteiger partial charge is 0.364 e. The van der Waals surface area contributed by atoms with Crippen molar-refractivity contribution < 1.29 is 4.74 Å². The van der Waals surface area contributed by atoms with E-state index in [0.29, 0.717) is 10.7 Å². The van der Waals surface area contributed by atoms with E-state index in [9.17, 15) is 0 Å². The molecule has 0 fully saturated rings. The van der Waals surface area contributed by atoms with Gasteiger partial charge in [0, 0.05) is 0 Å². The van der Waals surface area contributed by atoms with Gasteiger partial charge in [-0.15, -0.1) is 0 Å². The Kier molecular flexibility index (Phi) is 4.56. The average molecular weight is 226 g/mol. The van der Waals surface area contributed by atoms with Gasteiger partial charge in [0.1, 0.15) is 4.11 Å². The van der Waals surface area contributed by atoms with Crippen LogP contribution in [0.25, 0.3) is 0 Å². The zero-order valence-electron chi connectivity index (χ0n) is 5.28. The van der Waals surface area contributed by atoms with Crippen LogP contribution >= 0.6 is 22.6 Å². The van der Waals surface area contributed by atoms with Crippen LogP contribution in [-0.4, -0.2) is 10.7 Å². The third kappa shape index (κ3) is 6.43. The van der Waals surface area contributed by atoms with E-state index in [1.807, 2.05) is 13.8 Å². The van der Waals surface area contributed by atoms with Gasteiger partial charge in [0.05, 0.1) is 6.61 Å². The minimum absolute atomic E-state index is 0.296. The third-order valence-corrected chi connectivity index (χ3v) is 0.919. The zero-order valence-corrected chi connectivity index (χ0v) is 7.44. The van der Waals surface area contributed by atoms with Gasteiger partial charge in [-0.3, -0.25) is 0 Å². The molecular weight excluding hydrogens is 215 g/mol. The summed E-state index contributed by atoms with van der Waals surface area (Å²) in [5, 5.41) is 0. The van der Waals surface area contributed by atoms with Crippen molar-refractivity contribution in [3.05, 3.63) is 12.2 Å². The second-order valence-electron chi connectivity index (χ2n) is 1.81. The molecule has 0 saturated carbocycles. The second kappa shape index (κ2) is 4.32. The van der Waals surface area contributed by atoms with Crippen LogP contribution in [0, 0.1) is 0 Å². The van der Waals surface area contributed by atoms with E-state index in [-0.39, 0.29) is 0 Å². The first-order valence-electron chi connectivity index (χ1n) is 2.53. The van der Waals surface area contributed by atoms with Gasteiger partial charge < -0.3 is 4.74 Å². The molecule has 0 aliphatic heterocycles. The maximum atomic E-state index is 5.19. The molecule has 1 unspecified atom stereocenters. The van der Waals surface area contributed by atoms with E-state index in [1.54, 1.807) is 0 Å². The number of hydrogen-bond donors (Lipinski definition) is 0. The molecule has 0 heterocycles. The molecule has 0 bridgehead atoms. The summed E-state index contributed by atoms with van der Waals surface area (Å²) in [4.78, 5) is 0. The molecule has 1 atom stereocenters. The summed E-state index contributed by atoms with van der Waals surface area (Å²) < 4.78 is 5.49. The molecule has 1 nitrogen and oxygen atoms in total. The number of hydrogen-bond acceptors (Lipinski definition) is 1. The van der Waals surface area contributed by atoms with Gasteiger partial charge in [0.25, 0.3) is 0 Å². The van der Waals surface area contributed by atoms with Crippen LogP contribution in [-0.2, 0) is 4.74 Å². The highest BCUT2D eigenvalue weighted by atomic mass is 127. The van der Waals surface area contributed by atoms with E-state index >= 15 is 0 Å². The van der Waals surface area contributed by atoms with E-state index in [0.717, 1.165) is 5.57 Å². The summed E-state index contributed by atoms with van der Waals surface area (Å²) in [6, 6.07) is 0. The van der Waals surface area contributed by atoms with Gasteiger partial charge in [-0.2, -0.15) is 0 Å². The van der Waals surface area contributed by atoms with Gasteiger partial charge >= 0.3 is 0 Å². The van der Waals surface area contributed by atoms with Crippen molar-refractivity contribution in [3.63, 3.8) is 0 Å². The van der Waals surface area contributed by atoms with E-state index in [4.69, 9.17) is 4.74 Å². The summed E-state index contributed by atoms with van der Waals surface area (Å²) in [7, 11) is 0. The lowest BCUT2D eigenvalue weighted by Crippen LogP contribution is -2.00. The molecule has 2 heteroatoms. The molecule has 0 aliphatic rings. The van der Waals surface area contributed by atoms with Gasteiger partial charge in [-0.05, 0) is 13.8 Å². The lowest BCUT2D eigenvalue weighted by atomic mass is 10.4. The zero-order chi connectivity index (χ0) is 6.57. The average Bonchev–Trinajstić information content (AvgIpc) is 1.61. The molecule has 0 amide bonds. The smallest absolute Gasteiger partial charge is 0.106 e. The first-order chi connectivity index (χ1) is 3.63. The fourth-order valence-corrected chi connectivity index (χ4v) is 0.437. The van der Waals surface area contributed by atoms with Crippen molar-refractivity contribution in [2.24, 2.45) is 0 Å². The molecule has 0 N–H and O–H groups in total. The summed E-state index contributed by atoms with van der Waals surface area (Å²) in [6.07, 6.45) is 0. The number of halogens is 1. The molecule has 0 aromatic carbocycles.